The minimum atomic E-state index is -0.284. The lowest BCUT2D eigenvalue weighted by atomic mass is 10.1. The monoisotopic (exact) mass is 360 g/mol. The van der Waals surface area contributed by atoms with E-state index >= 15 is 0 Å². The maximum absolute atomic E-state index is 12.2. The summed E-state index contributed by atoms with van der Waals surface area (Å²) in [4.78, 5) is 25.6. The Morgan fingerprint density at radius 3 is 2.44 bits per heavy atom. The predicted molar refractivity (Wildman–Crippen MR) is 99.0 cm³/mol. The van der Waals surface area contributed by atoms with E-state index in [1.165, 1.54) is 4.90 Å². The third-order valence-corrected chi connectivity index (χ3v) is 4.07. The van der Waals surface area contributed by atoms with Crippen molar-refractivity contribution < 1.29 is 14.3 Å². The highest BCUT2D eigenvalue weighted by Crippen LogP contribution is 2.20. The molecule has 0 aliphatic carbocycles. The van der Waals surface area contributed by atoms with Crippen molar-refractivity contribution in [2.75, 3.05) is 26.0 Å². The van der Waals surface area contributed by atoms with Crippen LogP contribution in [0.3, 0.4) is 0 Å². The SMILES string of the molecule is COc1ccc(CCC(=O)N(C)CC(=O)Nc2ccccc2Cl)cc1. The second-order valence-electron chi connectivity index (χ2n) is 5.63. The number of hydrogen-bond donors (Lipinski definition) is 1. The number of nitrogens with zero attached hydrogens (tertiary/aromatic N) is 1. The summed E-state index contributed by atoms with van der Waals surface area (Å²) in [5, 5.41) is 3.17. The number of para-hydroxylation sites is 1. The molecule has 0 atom stereocenters. The summed E-state index contributed by atoms with van der Waals surface area (Å²) in [6.45, 7) is -0.0212. The number of rotatable bonds is 7. The van der Waals surface area contributed by atoms with E-state index in [4.69, 9.17) is 16.3 Å². The van der Waals surface area contributed by atoms with Crippen LogP contribution in [0.25, 0.3) is 0 Å². The van der Waals surface area contributed by atoms with E-state index in [1.807, 2.05) is 24.3 Å². The number of methoxy groups -OCH3 is 1. The summed E-state index contributed by atoms with van der Waals surface area (Å²) in [6, 6.07) is 14.6. The second kappa shape index (κ2) is 9.08. The Balaban J connectivity index is 1.80. The van der Waals surface area contributed by atoms with E-state index in [2.05, 4.69) is 5.32 Å². The quantitative estimate of drug-likeness (QED) is 0.823. The fourth-order valence-electron chi connectivity index (χ4n) is 2.29. The Labute approximate surface area is 152 Å². The highest BCUT2D eigenvalue weighted by molar-refractivity contribution is 6.33. The summed E-state index contributed by atoms with van der Waals surface area (Å²) >= 11 is 6.00. The van der Waals surface area contributed by atoms with Gasteiger partial charge in [0.15, 0.2) is 0 Å². The highest BCUT2D eigenvalue weighted by atomic mass is 35.5. The zero-order chi connectivity index (χ0) is 18.2. The van der Waals surface area contributed by atoms with Crippen molar-refractivity contribution in [2.24, 2.45) is 0 Å². The van der Waals surface area contributed by atoms with E-state index in [0.29, 0.717) is 23.6 Å². The molecular formula is C19H21ClN2O3. The Bertz CT molecular complexity index is 732. The van der Waals surface area contributed by atoms with Gasteiger partial charge in [-0.1, -0.05) is 35.9 Å². The number of halogens is 1. The van der Waals surface area contributed by atoms with Gasteiger partial charge in [-0.2, -0.15) is 0 Å². The molecule has 0 saturated heterocycles. The Hall–Kier alpha value is -2.53. The molecule has 0 heterocycles. The van der Waals surface area contributed by atoms with Gasteiger partial charge in [0, 0.05) is 13.5 Å². The molecule has 2 amide bonds. The summed E-state index contributed by atoms with van der Waals surface area (Å²) in [6.07, 6.45) is 0.946. The number of nitrogens with one attached hydrogen (secondary N) is 1. The first-order chi connectivity index (χ1) is 12.0. The molecular weight excluding hydrogens is 340 g/mol. The topological polar surface area (TPSA) is 58.6 Å². The van der Waals surface area contributed by atoms with Gasteiger partial charge < -0.3 is 15.0 Å². The maximum atomic E-state index is 12.2. The smallest absolute Gasteiger partial charge is 0.244 e. The lowest BCUT2D eigenvalue weighted by molar-refractivity contribution is -0.133. The standard InChI is InChI=1S/C19H21ClN2O3/c1-22(13-18(23)21-17-6-4-3-5-16(17)20)19(24)12-9-14-7-10-15(25-2)11-8-14/h3-8,10-11H,9,12-13H2,1-2H3,(H,21,23). The van der Waals surface area contributed by atoms with Crippen molar-refractivity contribution in [1.82, 2.24) is 4.90 Å². The molecule has 0 aliphatic rings. The molecule has 25 heavy (non-hydrogen) atoms. The molecule has 0 radical (unpaired) electrons. The maximum Gasteiger partial charge on any atom is 0.244 e. The number of carbonyl (C=O) groups excluding carboxylic acids is 2. The predicted octanol–water partition coefficient (Wildman–Crippen LogP) is 3.38. The van der Waals surface area contributed by atoms with Crippen molar-refractivity contribution >= 4 is 29.1 Å². The van der Waals surface area contributed by atoms with E-state index < -0.39 is 0 Å². The lowest BCUT2D eigenvalue weighted by Crippen LogP contribution is -2.35. The normalized spacial score (nSPS) is 10.2. The van der Waals surface area contributed by atoms with Crippen molar-refractivity contribution in [1.29, 1.82) is 0 Å². The molecule has 6 heteroatoms. The van der Waals surface area contributed by atoms with E-state index in [-0.39, 0.29) is 18.4 Å². The summed E-state index contributed by atoms with van der Waals surface area (Å²) in [7, 11) is 3.23. The number of amides is 2. The Morgan fingerprint density at radius 2 is 1.80 bits per heavy atom. The molecule has 0 unspecified atom stereocenters. The molecule has 0 aromatic heterocycles. The van der Waals surface area contributed by atoms with Crippen molar-refractivity contribution in [3.05, 3.63) is 59.1 Å². The minimum absolute atomic E-state index is 0.0212. The highest BCUT2D eigenvalue weighted by Gasteiger charge is 2.14. The number of carbonyl (C=O) groups is 2. The Morgan fingerprint density at radius 1 is 1.12 bits per heavy atom. The minimum Gasteiger partial charge on any atom is -0.497 e. The molecule has 2 aromatic carbocycles. The van der Waals surface area contributed by atoms with Gasteiger partial charge in [0.2, 0.25) is 11.8 Å². The second-order valence-corrected chi connectivity index (χ2v) is 6.03. The molecule has 2 aromatic rings. The van der Waals surface area contributed by atoms with Gasteiger partial charge in [-0.25, -0.2) is 0 Å². The van der Waals surface area contributed by atoms with E-state index in [0.717, 1.165) is 11.3 Å². The molecule has 0 bridgehead atoms. The van der Waals surface area contributed by atoms with Gasteiger partial charge in [-0.3, -0.25) is 9.59 Å². The third-order valence-electron chi connectivity index (χ3n) is 3.74. The first-order valence-electron chi connectivity index (χ1n) is 7.91. The number of benzene rings is 2. The van der Waals surface area contributed by atoms with Crippen LogP contribution < -0.4 is 10.1 Å². The number of aryl methyl sites for hydroxylation is 1. The molecule has 5 nitrogen and oxygen atoms in total. The molecule has 0 spiro atoms. The molecule has 132 valence electrons. The Kier molecular flexibility index (Phi) is 6.83. The average molecular weight is 361 g/mol. The van der Waals surface area contributed by atoms with Gasteiger partial charge in [0.1, 0.15) is 5.75 Å². The number of hydrogen-bond acceptors (Lipinski definition) is 3. The van der Waals surface area contributed by atoms with Crippen LogP contribution in [0.4, 0.5) is 5.69 Å². The van der Waals surface area contributed by atoms with E-state index in [1.54, 1.807) is 38.4 Å². The van der Waals surface area contributed by atoms with Gasteiger partial charge in [-0.15, -0.1) is 0 Å². The lowest BCUT2D eigenvalue weighted by Gasteiger charge is -2.17. The van der Waals surface area contributed by atoms with Crippen LogP contribution in [0, 0.1) is 0 Å². The zero-order valence-electron chi connectivity index (χ0n) is 14.3. The van der Waals surface area contributed by atoms with Gasteiger partial charge >= 0.3 is 0 Å². The van der Waals surface area contributed by atoms with Crippen LogP contribution in [0.1, 0.15) is 12.0 Å². The van der Waals surface area contributed by atoms with Crippen LogP contribution in [-0.2, 0) is 16.0 Å². The van der Waals surface area contributed by atoms with Crippen LogP contribution in [0.2, 0.25) is 5.02 Å². The summed E-state index contributed by atoms with van der Waals surface area (Å²) in [5.74, 6) is 0.405. The van der Waals surface area contributed by atoms with Crippen molar-refractivity contribution in [2.45, 2.75) is 12.8 Å². The molecule has 1 N–H and O–H groups in total. The first-order valence-corrected chi connectivity index (χ1v) is 8.28. The largest absolute Gasteiger partial charge is 0.497 e. The van der Waals surface area contributed by atoms with E-state index in [9.17, 15) is 9.59 Å². The zero-order valence-corrected chi connectivity index (χ0v) is 15.0. The van der Waals surface area contributed by atoms with Gasteiger partial charge in [0.05, 0.1) is 24.4 Å². The van der Waals surface area contributed by atoms with Crippen LogP contribution in [0.5, 0.6) is 5.75 Å². The summed E-state index contributed by atoms with van der Waals surface area (Å²) in [5.41, 5.74) is 1.58. The first kappa shape index (κ1) is 18.8. The van der Waals surface area contributed by atoms with Crippen LogP contribution in [0.15, 0.2) is 48.5 Å². The van der Waals surface area contributed by atoms with Crippen molar-refractivity contribution in [3.63, 3.8) is 0 Å². The fraction of sp³-hybridized carbons (Fsp3) is 0.263. The van der Waals surface area contributed by atoms with Crippen LogP contribution >= 0.6 is 11.6 Å². The van der Waals surface area contributed by atoms with Crippen molar-refractivity contribution in [3.8, 4) is 5.75 Å². The number of anilines is 1. The summed E-state index contributed by atoms with van der Waals surface area (Å²) < 4.78 is 5.10. The fourth-order valence-corrected chi connectivity index (χ4v) is 2.47. The molecule has 0 aliphatic heterocycles. The molecule has 0 saturated carbocycles. The van der Waals surface area contributed by atoms with Gasteiger partial charge in [-0.05, 0) is 36.2 Å². The van der Waals surface area contributed by atoms with Crippen LogP contribution in [-0.4, -0.2) is 37.4 Å². The molecule has 0 fully saturated rings. The number of ether oxygens (including phenoxy) is 1. The average Bonchev–Trinajstić information content (AvgIpc) is 2.62. The number of likely N-dealkylation sites (N-methyl/N-ethyl adjacent to an activating group) is 1. The van der Waals surface area contributed by atoms with Gasteiger partial charge in [0.25, 0.3) is 0 Å². The molecule has 2 rings (SSSR count). The third kappa shape index (κ3) is 5.80.